The first-order valence-corrected chi connectivity index (χ1v) is 8.84. The summed E-state index contributed by atoms with van der Waals surface area (Å²) in [6.45, 7) is 5.84. The minimum Gasteiger partial charge on any atom is -0.356 e. The third-order valence-electron chi connectivity index (χ3n) is 3.97. The number of rotatable bonds is 4. The van der Waals surface area contributed by atoms with E-state index in [1.165, 1.54) is 0 Å². The molecule has 6 heteroatoms. The van der Waals surface area contributed by atoms with Crippen LogP contribution >= 0.6 is 15.9 Å². The summed E-state index contributed by atoms with van der Waals surface area (Å²) in [5.41, 5.74) is 0.777. The fourth-order valence-electron chi connectivity index (χ4n) is 2.63. The van der Waals surface area contributed by atoms with Gasteiger partial charge in [-0.15, -0.1) is 0 Å². The third-order valence-corrected chi connectivity index (χ3v) is 4.46. The molecule has 1 aromatic rings. The van der Waals surface area contributed by atoms with Gasteiger partial charge in [-0.3, -0.25) is 4.79 Å². The molecule has 23 heavy (non-hydrogen) atoms. The van der Waals surface area contributed by atoms with Crippen LogP contribution < -0.4 is 10.6 Å². The number of nitrogens with zero attached hydrogens (tertiary/aromatic N) is 1. The molecule has 2 rings (SSSR count). The molecule has 1 aliphatic rings. The highest BCUT2D eigenvalue weighted by atomic mass is 79.9. The number of amides is 3. The van der Waals surface area contributed by atoms with Crippen molar-refractivity contribution in [3.05, 3.63) is 28.7 Å². The molecule has 1 saturated heterocycles. The second-order valence-electron chi connectivity index (χ2n) is 6.29. The quantitative estimate of drug-likeness (QED) is 0.838. The molecule has 0 unspecified atom stereocenters. The lowest BCUT2D eigenvalue weighted by atomic mass is 9.98. The van der Waals surface area contributed by atoms with Crippen molar-refractivity contribution in [3.8, 4) is 0 Å². The zero-order valence-electron chi connectivity index (χ0n) is 13.6. The van der Waals surface area contributed by atoms with E-state index in [0.29, 0.717) is 19.0 Å². The number of nitrogens with one attached hydrogen (secondary N) is 2. The van der Waals surface area contributed by atoms with Crippen molar-refractivity contribution in [2.24, 2.45) is 11.8 Å². The average molecular weight is 382 g/mol. The number of anilines is 1. The van der Waals surface area contributed by atoms with Crippen LogP contribution in [-0.2, 0) is 4.79 Å². The lowest BCUT2D eigenvalue weighted by Gasteiger charge is -2.33. The number of likely N-dealkylation sites (tertiary alicyclic amines) is 1. The molecule has 0 aromatic heterocycles. The first-order chi connectivity index (χ1) is 11.0. The second-order valence-corrected chi connectivity index (χ2v) is 7.21. The van der Waals surface area contributed by atoms with E-state index in [0.717, 1.165) is 29.5 Å². The Morgan fingerprint density at radius 2 is 2.17 bits per heavy atom. The van der Waals surface area contributed by atoms with Gasteiger partial charge < -0.3 is 15.5 Å². The van der Waals surface area contributed by atoms with Crippen LogP contribution in [0, 0.1) is 11.8 Å². The third kappa shape index (κ3) is 5.53. The predicted molar refractivity (Wildman–Crippen MR) is 95.3 cm³/mol. The Labute approximate surface area is 145 Å². The summed E-state index contributed by atoms with van der Waals surface area (Å²) < 4.78 is 0.934. The summed E-state index contributed by atoms with van der Waals surface area (Å²) in [4.78, 5) is 25.9. The van der Waals surface area contributed by atoms with Gasteiger partial charge in [0.05, 0.1) is 0 Å². The zero-order chi connectivity index (χ0) is 16.8. The molecule has 0 saturated carbocycles. The molecule has 1 aliphatic heterocycles. The molecule has 0 radical (unpaired) electrons. The number of urea groups is 1. The van der Waals surface area contributed by atoms with Crippen molar-refractivity contribution >= 4 is 33.6 Å². The summed E-state index contributed by atoms with van der Waals surface area (Å²) in [5.74, 6) is 0.384. The number of hydrogen-bond acceptors (Lipinski definition) is 2. The Morgan fingerprint density at radius 3 is 2.87 bits per heavy atom. The van der Waals surface area contributed by atoms with Crippen molar-refractivity contribution in [3.63, 3.8) is 0 Å². The van der Waals surface area contributed by atoms with Gasteiger partial charge in [0.1, 0.15) is 0 Å². The number of halogens is 1. The Bertz CT molecular complexity index is 563. The minimum absolute atomic E-state index is 0.00507. The topological polar surface area (TPSA) is 61.4 Å². The van der Waals surface area contributed by atoms with Crippen molar-refractivity contribution in [2.45, 2.75) is 26.7 Å². The van der Waals surface area contributed by atoms with Gasteiger partial charge in [0, 0.05) is 35.7 Å². The molecule has 0 spiro atoms. The van der Waals surface area contributed by atoms with Gasteiger partial charge >= 0.3 is 6.03 Å². The van der Waals surface area contributed by atoms with Crippen molar-refractivity contribution in [2.75, 3.05) is 25.0 Å². The SMILES string of the molecule is CC(C)C(=O)NC[C@@H]1CCCN(C(=O)Nc2cccc(Br)c2)C1. The molecule has 126 valence electrons. The highest BCUT2D eigenvalue weighted by molar-refractivity contribution is 9.10. The van der Waals surface area contributed by atoms with Gasteiger partial charge in [0.2, 0.25) is 5.91 Å². The largest absolute Gasteiger partial charge is 0.356 e. The van der Waals surface area contributed by atoms with Gasteiger partial charge in [-0.1, -0.05) is 35.8 Å². The zero-order valence-corrected chi connectivity index (χ0v) is 15.2. The average Bonchev–Trinajstić information content (AvgIpc) is 2.52. The van der Waals surface area contributed by atoms with E-state index in [1.807, 2.05) is 43.0 Å². The molecule has 1 aromatic carbocycles. The summed E-state index contributed by atoms with van der Waals surface area (Å²) in [6, 6.07) is 7.47. The monoisotopic (exact) mass is 381 g/mol. The Kier molecular flexibility index (Phi) is 6.45. The molecule has 0 bridgehead atoms. The van der Waals surface area contributed by atoms with E-state index in [9.17, 15) is 9.59 Å². The van der Waals surface area contributed by atoms with Crippen LogP contribution in [-0.4, -0.2) is 36.5 Å². The van der Waals surface area contributed by atoms with E-state index in [2.05, 4.69) is 26.6 Å². The van der Waals surface area contributed by atoms with Crippen LogP contribution in [0.2, 0.25) is 0 Å². The molecule has 1 atom stereocenters. The van der Waals surface area contributed by atoms with Crippen LogP contribution in [0.4, 0.5) is 10.5 Å². The minimum atomic E-state index is -0.0806. The first kappa shape index (κ1) is 17.8. The summed E-state index contributed by atoms with van der Waals surface area (Å²) >= 11 is 3.40. The standard InChI is InChI=1S/C17H24BrN3O2/c1-12(2)16(22)19-10-13-5-4-8-21(11-13)17(23)20-15-7-3-6-14(18)9-15/h3,6-7,9,12-13H,4-5,8,10-11H2,1-2H3,(H,19,22)(H,20,23)/t13-/m0/s1. The molecule has 1 heterocycles. The van der Waals surface area contributed by atoms with Gasteiger partial charge in [-0.2, -0.15) is 0 Å². The maximum absolute atomic E-state index is 12.4. The first-order valence-electron chi connectivity index (χ1n) is 8.05. The smallest absolute Gasteiger partial charge is 0.321 e. The van der Waals surface area contributed by atoms with Crippen LogP contribution in [0.15, 0.2) is 28.7 Å². The van der Waals surface area contributed by atoms with E-state index in [4.69, 9.17) is 0 Å². The van der Waals surface area contributed by atoms with Crippen LogP contribution in [0.25, 0.3) is 0 Å². The highest BCUT2D eigenvalue weighted by Crippen LogP contribution is 2.19. The Morgan fingerprint density at radius 1 is 1.39 bits per heavy atom. The summed E-state index contributed by atoms with van der Waals surface area (Å²) in [5, 5.41) is 5.89. The maximum atomic E-state index is 12.4. The predicted octanol–water partition coefficient (Wildman–Crippen LogP) is 3.47. The number of carbonyl (C=O) groups excluding carboxylic acids is 2. The van der Waals surface area contributed by atoms with E-state index < -0.39 is 0 Å². The van der Waals surface area contributed by atoms with Crippen molar-refractivity contribution in [1.82, 2.24) is 10.2 Å². The molecule has 1 fully saturated rings. The molecular weight excluding hydrogens is 358 g/mol. The van der Waals surface area contributed by atoms with Crippen LogP contribution in [0.3, 0.4) is 0 Å². The molecule has 5 nitrogen and oxygen atoms in total. The molecule has 3 amide bonds. The van der Waals surface area contributed by atoms with Crippen LogP contribution in [0.1, 0.15) is 26.7 Å². The van der Waals surface area contributed by atoms with E-state index >= 15 is 0 Å². The van der Waals surface area contributed by atoms with Crippen LogP contribution in [0.5, 0.6) is 0 Å². The number of hydrogen-bond donors (Lipinski definition) is 2. The van der Waals surface area contributed by atoms with Gasteiger partial charge in [0.15, 0.2) is 0 Å². The number of piperidine rings is 1. The second kappa shape index (κ2) is 8.34. The van der Waals surface area contributed by atoms with Crippen molar-refractivity contribution in [1.29, 1.82) is 0 Å². The number of carbonyl (C=O) groups is 2. The van der Waals surface area contributed by atoms with E-state index in [-0.39, 0.29) is 17.9 Å². The fourth-order valence-corrected chi connectivity index (χ4v) is 3.03. The summed E-state index contributed by atoms with van der Waals surface area (Å²) in [7, 11) is 0. The summed E-state index contributed by atoms with van der Waals surface area (Å²) in [6.07, 6.45) is 2.01. The Balaban J connectivity index is 1.85. The van der Waals surface area contributed by atoms with Crippen molar-refractivity contribution < 1.29 is 9.59 Å². The van der Waals surface area contributed by atoms with Gasteiger partial charge in [0.25, 0.3) is 0 Å². The molecular formula is C17H24BrN3O2. The lowest BCUT2D eigenvalue weighted by Crippen LogP contribution is -2.45. The fraction of sp³-hybridized carbons (Fsp3) is 0.529. The maximum Gasteiger partial charge on any atom is 0.321 e. The molecule has 0 aliphatic carbocycles. The highest BCUT2D eigenvalue weighted by Gasteiger charge is 2.24. The van der Waals surface area contributed by atoms with Gasteiger partial charge in [-0.05, 0) is 37.0 Å². The van der Waals surface area contributed by atoms with E-state index in [1.54, 1.807) is 0 Å². The number of benzene rings is 1. The Hall–Kier alpha value is -1.56. The molecule has 2 N–H and O–H groups in total. The van der Waals surface area contributed by atoms with Gasteiger partial charge in [-0.25, -0.2) is 4.79 Å². The lowest BCUT2D eigenvalue weighted by molar-refractivity contribution is -0.124. The normalized spacial score (nSPS) is 17.9.